The number of benzene rings is 3. The third-order valence-electron chi connectivity index (χ3n) is 8.45. The highest BCUT2D eigenvalue weighted by Gasteiger charge is 2.48. The highest BCUT2D eigenvalue weighted by atomic mass is 16.7. The molecule has 14 nitrogen and oxygen atoms in total. The number of aliphatic hydroxyl groups is 3. The van der Waals surface area contributed by atoms with Crippen molar-refractivity contribution in [2.24, 2.45) is 0 Å². The lowest BCUT2D eigenvalue weighted by Gasteiger charge is -2.38. The highest BCUT2D eigenvalue weighted by molar-refractivity contribution is 6.11. The number of anilines is 3. The molecular weight excluding hydrogens is 624 g/mol. The molecule has 3 aromatic carbocycles. The van der Waals surface area contributed by atoms with E-state index in [1.165, 1.54) is 25.3 Å². The van der Waals surface area contributed by atoms with Gasteiger partial charge in [0, 0.05) is 36.4 Å². The Morgan fingerprint density at radius 1 is 0.833 bits per heavy atom. The molecule has 2 aliphatic heterocycles. The topological polar surface area (TPSA) is 190 Å². The summed E-state index contributed by atoms with van der Waals surface area (Å²) in [5.74, 6) is -2.21. The quantitative estimate of drug-likeness (QED) is 0.185. The van der Waals surface area contributed by atoms with Gasteiger partial charge in [-0.25, -0.2) is 4.79 Å². The van der Waals surface area contributed by atoms with Gasteiger partial charge in [-0.2, -0.15) is 0 Å². The summed E-state index contributed by atoms with van der Waals surface area (Å²) in [6.45, 7) is 6.88. The number of methoxy groups -OCH3 is 1. The van der Waals surface area contributed by atoms with E-state index in [0.29, 0.717) is 11.3 Å². The van der Waals surface area contributed by atoms with Crippen molar-refractivity contribution in [2.75, 3.05) is 55.4 Å². The fourth-order valence-corrected chi connectivity index (χ4v) is 5.63. The number of hydrogen-bond donors (Lipinski definition) is 6. The minimum atomic E-state index is -1.92. The van der Waals surface area contributed by atoms with Gasteiger partial charge in [0.1, 0.15) is 35.5 Å². The van der Waals surface area contributed by atoms with Crippen LogP contribution in [-0.2, 0) is 9.53 Å². The maximum absolute atomic E-state index is 13.6. The van der Waals surface area contributed by atoms with Gasteiger partial charge in [0.2, 0.25) is 6.29 Å². The summed E-state index contributed by atoms with van der Waals surface area (Å²) in [6, 6.07) is 17.9. The smallest absolute Gasteiger partial charge is 0.335 e. The van der Waals surface area contributed by atoms with E-state index >= 15 is 0 Å². The van der Waals surface area contributed by atoms with Crippen LogP contribution in [-0.4, -0.2) is 114 Å². The van der Waals surface area contributed by atoms with E-state index in [2.05, 4.69) is 27.4 Å². The number of nitrogens with zero attached hydrogens (tertiary/aromatic N) is 2. The van der Waals surface area contributed by atoms with Crippen LogP contribution in [0.3, 0.4) is 0 Å². The zero-order chi connectivity index (χ0) is 34.4. The predicted octanol–water partition coefficient (Wildman–Crippen LogP) is 2.00. The van der Waals surface area contributed by atoms with Crippen molar-refractivity contribution >= 4 is 34.8 Å². The number of hydrogen-bond acceptors (Lipinski definition) is 11. The Hall–Kier alpha value is -4.73. The van der Waals surface area contributed by atoms with Crippen LogP contribution in [0.4, 0.5) is 17.1 Å². The van der Waals surface area contributed by atoms with Gasteiger partial charge in [-0.05, 0) is 80.2 Å². The number of ether oxygens (including phenoxy) is 3. The minimum Gasteiger partial charge on any atom is -0.497 e. The zero-order valence-corrected chi connectivity index (χ0v) is 26.6. The standard InChI is InChI=1S/C34H40N4O10/c1-3-37-16-5-17-38(19-18-37)22-12-8-20(9-13-22)32(43)36-26-24(35-31(42)21-10-14-23(46-2)15-11-21)6-4-7-25(26)47-34-29(41)27(39)28(40)30(48-34)33(44)45/h4,6-15,27-30,34,39-41H,3,5,16-19H2,1-2H3,(H,35,42)(H,36,43)(H,44,45)/t27-,28-,29+,30-,34+/m0/s1. The van der Waals surface area contributed by atoms with Crippen LogP contribution in [0.2, 0.25) is 0 Å². The van der Waals surface area contributed by atoms with Gasteiger partial charge in [0.15, 0.2) is 6.10 Å². The van der Waals surface area contributed by atoms with E-state index in [1.807, 2.05) is 12.1 Å². The summed E-state index contributed by atoms with van der Waals surface area (Å²) in [6.07, 6.45) is -8.32. The normalized spacial score (nSPS) is 23.1. The summed E-state index contributed by atoms with van der Waals surface area (Å²) in [4.78, 5) is 43.2. The van der Waals surface area contributed by atoms with Crippen molar-refractivity contribution in [1.82, 2.24) is 4.90 Å². The molecule has 0 radical (unpaired) electrons. The second kappa shape index (κ2) is 15.4. The Bertz CT molecular complexity index is 1590. The number of aliphatic carboxylic acids is 1. The van der Waals surface area contributed by atoms with Gasteiger partial charge in [-0.1, -0.05) is 13.0 Å². The number of carbonyl (C=O) groups excluding carboxylic acids is 2. The molecule has 2 saturated heterocycles. The molecule has 6 N–H and O–H groups in total. The summed E-state index contributed by atoms with van der Waals surface area (Å²) in [7, 11) is 1.50. The molecule has 0 aromatic heterocycles. The number of amides is 2. The van der Waals surface area contributed by atoms with Crippen molar-refractivity contribution in [2.45, 2.75) is 44.1 Å². The number of likely N-dealkylation sites (N-methyl/N-ethyl adjacent to an activating group) is 1. The first kappa shape index (κ1) is 34.6. The molecule has 0 bridgehead atoms. The fourth-order valence-electron chi connectivity index (χ4n) is 5.63. The van der Waals surface area contributed by atoms with Crippen LogP contribution in [0.25, 0.3) is 0 Å². The van der Waals surface area contributed by atoms with Crippen molar-refractivity contribution < 1.29 is 49.0 Å². The van der Waals surface area contributed by atoms with Crippen molar-refractivity contribution in [1.29, 1.82) is 0 Å². The molecule has 2 amide bonds. The second-order valence-corrected chi connectivity index (χ2v) is 11.5. The molecule has 256 valence electrons. The molecule has 0 aliphatic carbocycles. The largest absolute Gasteiger partial charge is 0.497 e. The van der Waals surface area contributed by atoms with Crippen LogP contribution in [0.15, 0.2) is 66.7 Å². The first-order valence-electron chi connectivity index (χ1n) is 15.7. The predicted molar refractivity (Wildman–Crippen MR) is 176 cm³/mol. The molecule has 5 atom stereocenters. The van der Waals surface area contributed by atoms with Gasteiger partial charge >= 0.3 is 5.97 Å². The maximum atomic E-state index is 13.6. The molecule has 14 heteroatoms. The Morgan fingerprint density at radius 2 is 1.50 bits per heavy atom. The van der Waals surface area contributed by atoms with Crippen LogP contribution in [0, 0.1) is 0 Å². The lowest BCUT2D eigenvalue weighted by atomic mass is 9.99. The lowest BCUT2D eigenvalue weighted by molar-refractivity contribution is -0.271. The summed E-state index contributed by atoms with van der Waals surface area (Å²) in [5.41, 5.74) is 1.67. The van der Waals surface area contributed by atoms with Crippen molar-refractivity contribution in [3.8, 4) is 11.5 Å². The van der Waals surface area contributed by atoms with E-state index < -0.39 is 48.5 Å². The van der Waals surface area contributed by atoms with Crippen LogP contribution < -0.4 is 25.0 Å². The molecule has 0 unspecified atom stereocenters. The molecule has 0 spiro atoms. The van der Waals surface area contributed by atoms with E-state index in [4.69, 9.17) is 14.2 Å². The molecule has 48 heavy (non-hydrogen) atoms. The Kier molecular flexibility index (Phi) is 11.1. The van der Waals surface area contributed by atoms with Gasteiger partial charge in [-0.15, -0.1) is 0 Å². The average Bonchev–Trinajstić information content (AvgIpc) is 3.35. The Balaban J connectivity index is 1.41. The van der Waals surface area contributed by atoms with Gasteiger partial charge < -0.3 is 55.1 Å². The van der Waals surface area contributed by atoms with Gasteiger partial charge in [0.25, 0.3) is 11.8 Å². The number of rotatable bonds is 10. The summed E-state index contributed by atoms with van der Waals surface area (Å²) < 4.78 is 16.3. The van der Waals surface area contributed by atoms with E-state index in [1.54, 1.807) is 36.4 Å². The van der Waals surface area contributed by atoms with E-state index in [-0.39, 0.29) is 22.7 Å². The minimum absolute atomic E-state index is 0.0242. The van der Waals surface area contributed by atoms with Crippen LogP contribution in [0.1, 0.15) is 34.1 Å². The maximum Gasteiger partial charge on any atom is 0.335 e. The Morgan fingerprint density at radius 3 is 2.15 bits per heavy atom. The van der Waals surface area contributed by atoms with E-state index in [0.717, 1.165) is 44.8 Å². The second-order valence-electron chi connectivity index (χ2n) is 11.5. The van der Waals surface area contributed by atoms with Crippen LogP contribution >= 0.6 is 0 Å². The molecule has 0 saturated carbocycles. The van der Waals surface area contributed by atoms with Gasteiger partial charge in [-0.3, -0.25) is 9.59 Å². The van der Waals surface area contributed by atoms with Gasteiger partial charge in [0.05, 0.1) is 12.8 Å². The lowest BCUT2D eigenvalue weighted by Crippen LogP contribution is -2.61. The number of carboxylic acid groups (broad SMARTS) is 1. The highest BCUT2D eigenvalue weighted by Crippen LogP contribution is 2.36. The molecular formula is C34H40N4O10. The SMILES string of the molecule is CCN1CCCN(c2ccc(C(=O)Nc3c(NC(=O)c4ccc(OC)cc4)cccc3O[C@@H]3O[C@H](C(=O)O)[C@@H](O)[C@H](O)[C@H]3O)cc2)CC1. The monoisotopic (exact) mass is 664 g/mol. The molecule has 5 rings (SSSR count). The molecule has 3 aromatic rings. The summed E-state index contributed by atoms with van der Waals surface area (Å²) >= 11 is 0. The number of carbonyl (C=O) groups is 3. The fraction of sp³-hybridized carbons (Fsp3) is 0.382. The first-order chi connectivity index (χ1) is 23.1. The average molecular weight is 665 g/mol. The molecule has 2 fully saturated rings. The molecule has 2 aliphatic rings. The number of nitrogens with one attached hydrogen (secondary N) is 2. The number of para-hydroxylation sites is 1. The number of carboxylic acids is 1. The third-order valence-corrected chi connectivity index (χ3v) is 8.45. The molecule has 2 heterocycles. The van der Waals surface area contributed by atoms with Crippen molar-refractivity contribution in [3.63, 3.8) is 0 Å². The Labute approximate surface area is 277 Å². The first-order valence-corrected chi connectivity index (χ1v) is 15.7. The van der Waals surface area contributed by atoms with Crippen molar-refractivity contribution in [3.05, 3.63) is 77.9 Å². The number of aliphatic hydroxyl groups excluding tert-OH is 3. The van der Waals surface area contributed by atoms with E-state index in [9.17, 15) is 34.8 Å². The third kappa shape index (κ3) is 7.86. The zero-order valence-electron chi connectivity index (χ0n) is 26.6. The van der Waals surface area contributed by atoms with Crippen LogP contribution in [0.5, 0.6) is 11.5 Å². The summed E-state index contributed by atoms with van der Waals surface area (Å²) in [5, 5.41) is 46.0.